The Kier molecular flexibility index (Phi) is 6.44. The molecule has 32 heavy (non-hydrogen) atoms. The molecule has 1 saturated heterocycles. The number of likely N-dealkylation sites (tertiary alicyclic amines) is 1. The number of carbonyl (C=O) groups excluding carboxylic acids is 2. The van der Waals surface area contributed by atoms with Crippen LogP contribution in [0, 0.1) is 5.92 Å². The van der Waals surface area contributed by atoms with Gasteiger partial charge in [-0.1, -0.05) is 55.5 Å². The highest BCUT2D eigenvalue weighted by Crippen LogP contribution is 2.44. The summed E-state index contributed by atoms with van der Waals surface area (Å²) in [6.07, 6.45) is 0.867. The molecule has 2 aromatic carbocycles. The predicted octanol–water partition coefficient (Wildman–Crippen LogP) is 3.63. The van der Waals surface area contributed by atoms with Crippen LogP contribution in [-0.4, -0.2) is 53.7 Å². The topological polar surface area (TPSA) is 95.9 Å². The molecule has 1 aliphatic carbocycles. The third-order valence-corrected chi connectivity index (χ3v) is 6.32. The molecule has 0 bridgehead atoms. The van der Waals surface area contributed by atoms with Gasteiger partial charge in [-0.3, -0.25) is 4.79 Å². The lowest BCUT2D eigenvalue weighted by atomic mass is 9.98. The van der Waals surface area contributed by atoms with Gasteiger partial charge in [0.05, 0.1) is 0 Å². The first-order valence-corrected chi connectivity index (χ1v) is 11.1. The van der Waals surface area contributed by atoms with Gasteiger partial charge in [0, 0.05) is 25.4 Å². The summed E-state index contributed by atoms with van der Waals surface area (Å²) in [6, 6.07) is 15.6. The van der Waals surface area contributed by atoms with Gasteiger partial charge in [-0.25, -0.2) is 9.59 Å². The van der Waals surface area contributed by atoms with Gasteiger partial charge in [-0.05, 0) is 41.0 Å². The van der Waals surface area contributed by atoms with E-state index in [9.17, 15) is 19.5 Å². The van der Waals surface area contributed by atoms with Crippen LogP contribution in [0.3, 0.4) is 0 Å². The monoisotopic (exact) mass is 436 g/mol. The third kappa shape index (κ3) is 4.47. The maximum atomic E-state index is 12.5. The van der Waals surface area contributed by atoms with E-state index in [0.717, 1.165) is 11.1 Å². The van der Waals surface area contributed by atoms with E-state index in [1.165, 1.54) is 16.0 Å². The van der Waals surface area contributed by atoms with Crippen molar-refractivity contribution >= 4 is 18.0 Å². The number of carbonyl (C=O) groups is 3. The molecular weight excluding hydrogens is 408 g/mol. The predicted molar refractivity (Wildman–Crippen MR) is 119 cm³/mol. The first-order chi connectivity index (χ1) is 15.5. The highest BCUT2D eigenvalue weighted by molar-refractivity contribution is 5.84. The molecule has 0 radical (unpaired) electrons. The number of nitrogens with one attached hydrogen (secondary N) is 1. The van der Waals surface area contributed by atoms with Crippen LogP contribution >= 0.6 is 0 Å². The molecule has 2 aromatic rings. The number of hydrogen-bond donors (Lipinski definition) is 2. The third-order valence-electron chi connectivity index (χ3n) is 6.32. The highest BCUT2D eigenvalue weighted by Gasteiger charge is 2.34. The van der Waals surface area contributed by atoms with E-state index in [-0.39, 0.29) is 37.3 Å². The fourth-order valence-corrected chi connectivity index (χ4v) is 4.72. The standard InChI is InChI=1S/C25H28N2O5/c1-16(13-23(28)27-12-6-11-22(27)24(29)30)14-26-25(31)32-15-21-19-9-4-2-7-17(19)18-8-3-5-10-20(18)21/h2-5,7-10,16,21-22H,6,11-15H2,1H3,(H,26,31)(H,29,30)/t16?,22-/m0/s1. The minimum absolute atomic E-state index is 0.00438. The van der Waals surface area contributed by atoms with Gasteiger partial charge < -0.3 is 20.1 Å². The molecule has 0 aromatic heterocycles. The van der Waals surface area contributed by atoms with Gasteiger partial charge in [0.1, 0.15) is 12.6 Å². The summed E-state index contributed by atoms with van der Waals surface area (Å²) in [7, 11) is 0. The zero-order valence-corrected chi connectivity index (χ0v) is 18.1. The molecule has 168 valence electrons. The highest BCUT2D eigenvalue weighted by atomic mass is 16.5. The largest absolute Gasteiger partial charge is 0.480 e. The fraction of sp³-hybridized carbons (Fsp3) is 0.400. The van der Waals surface area contributed by atoms with Crippen LogP contribution in [0.5, 0.6) is 0 Å². The van der Waals surface area contributed by atoms with Crippen LogP contribution in [0.2, 0.25) is 0 Å². The van der Waals surface area contributed by atoms with Crippen molar-refractivity contribution in [3.63, 3.8) is 0 Å². The van der Waals surface area contributed by atoms with Crippen LogP contribution in [0.4, 0.5) is 4.79 Å². The Labute approximate surface area is 187 Å². The van der Waals surface area contributed by atoms with E-state index in [4.69, 9.17) is 4.74 Å². The summed E-state index contributed by atoms with van der Waals surface area (Å²) in [5.74, 6) is -1.27. The van der Waals surface area contributed by atoms with Crippen molar-refractivity contribution in [3.05, 3.63) is 59.7 Å². The smallest absolute Gasteiger partial charge is 0.407 e. The molecule has 1 heterocycles. The summed E-state index contributed by atoms with van der Waals surface area (Å²) < 4.78 is 5.52. The summed E-state index contributed by atoms with van der Waals surface area (Å²) in [5.41, 5.74) is 4.65. The van der Waals surface area contributed by atoms with Crippen molar-refractivity contribution in [2.24, 2.45) is 5.92 Å². The number of fused-ring (bicyclic) bond motifs is 3. The van der Waals surface area contributed by atoms with Crippen molar-refractivity contribution in [1.29, 1.82) is 0 Å². The van der Waals surface area contributed by atoms with E-state index in [2.05, 4.69) is 29.6 Å². The molecule has 2 atom stereocenters. The molecule has 0 spiro atoms. The molecule has 2 aliphatic rings. The molecule has 0 saturated carbocycles. The number of nitrogens with zero attached hydrogens (tertiary/aromatic N) is 1. The molecule has 7 heteroatoms. The maximum Gasteiger partial charge on any atom is 0.407 e. The average molecular weight is 437 g/mol. The lowest BCUT2D eigenvalue weighted by molar-refractivity contribution is -0.148. The number of carboxylic acid groups (broad SMARTS) is 1. The van der Waals surface area contributed by atoms with Crippen LogP contribution in [0.25, 0.3) is 11.1 Å². The van der Waals surface area contributed by atoms with Gasteiger partial charge in [-0.2, -0.15) is 0 Å². The summed E-state index contributed by atoms with van der Waals surface area (Å²) in [4.78, 5) is 37.5. The van der Waals surface area contributed by atoms with Crippen molar-refractivity contribution in [3.8, 4) is 11.1 Å². The fourth-order valence-electron chi connectivity index (χ4n) is 4.72. The normalized spacial score (nSPS) is 18.0. The van der Waals surface area contributed by atoms with E-state index >= 15 is 0 Å². The second-order valence-corrected chi connectivity index (χ2v) is 8.60. The summed E-state index contributed by atoms with van der Waals surface area (Å²) in [5, 5.41) is 12.0. The van der Waals surface area contributed by atoms with Gasteiger partial charge in [0.25, 0.3) is 0 Å². The number of rotatable bonds is 7. The number of amides is 2. The number of carboxylic acids is 1. The van der Waals surface area contributed by atoms with Crippen molar-refractivity contribution < 1.29 is 24.2 Å². The molecule has 2 amide bonds. The Morgan fingerprint density at radius 2 is 1.72 bits per heavy atom. The van der Waals surface area contributed by atoms with Crippen molar-refractivity contribution in [2.45, 2.75) is 38.1 Å². The lowest BCUT2D eigenvalue weighted by Crippen LogP contribution is -2.41. The Morgan fingerprint density at radius 1 is 1.09 bits per heavy atom. The quantitative estimate of drug-likeness (QED) is 0.691. The average Bonchev–Trinajstić information content (AvgIpc) is 3.40. The Morgan fingerprint density at radius 3 is 2.34 bits per heavy atom. The zero-order chi connectivity index (χ0) is 22.7. The molecule has 7 nitrogen and oxygen atoms in total. The first kappa shape index (κ1) is 21.9. The van der Waals surface area contributed by atoms with E-state index in [1.807, 2.05) is 31.2 Å². The van der Waals surface area contributed by atoms with Crippen LogP contribution in [-0.2, 0) is 14.3 Å². The molecule has 4 rings (SSSR count). The van der Waals surface area contributed by atoms with Crippen LogP contribution in [0.1, 0.15) is 43.2 Å². The van der Waals surface area contributed by atoms with Gasteiger partial charge >= 0.3 is 12.1 Å². The van der Waals surface area contributed by atoms with Crippen LogP contribution in [0.15, 0.2) is 48.5 Å². The van der Waals surface area contributed by atoms with Gasteiger partial charge in [0.2, 0.25) is 5.91 Å². The minimum atomic E-state index is -0.958. The number of aliphatic carboxylic acids is 1. The van der Waals surface area contributed by atoms with Crippen LogP contribution < -0.4 is 5.32 Å². The lowest BCUT2D eigenvalue weighted by Gasteiger charge is -2.23. The number of benzene rings is 2. The van der Waals surface area contributed by atoms with E-state index in [1.54, 1.807) is 0 Å². The first-order valence-electron chi connectivity index (χ1n) is 11.1. The molecule has 1 aliphatic heterocycles. The Hall–Kier alpha value is -3.35. The number of ether oxygens (including phenoxy) is 1. The number of hydrogen-bond acceptors (Lipinski definition) is 4. The van der Waals surface area contributed by atoms with E-state index in [0.29, 0.717) is 19.4 Å². The zero-order valence-electron chi connectivity index (χ0n) is 18.1. The van der Waals surface area contributed by atoms with Crippen molar-refractivity contribution in [1.82, 2.24) is 10.2 Å². The summed E-state index contributed by atoms with van der Waals surface area (Å²) >= 11 is 0. The second kappa shape index (κ2) is 9.42. The maximum absolute atomic E-state index is 12.5. The minimum Gasteiger partial charge on any atom is -0.480 e. The Balaban J connectivity index is 1.27. The Bertz CT molecular complexity index is 975. The molecule has 2 N–H and O–H groups in total. The molecule has 1 unspecified atom stereocenters. The second-order valence-electron chi connectivity index (χ2n) is 8.60. The number of alkyl carbamates (subject to hydrolysis) is 1. The summed E-state index contributed by atoms with van der Waals surface area (Å²) in [6.45, 7) is 2.85. The molecular formula is C25H28N2O5. The van der Waals surface area contributed by atoms with Gasteiger partial charge in [-0.15, -0.1) is 0 Å². The van der Waals surface area contributed by atoms with Crippen molar-refractivity contribution in [2.75, 3.05) is 19.7 Å². The SMILES string of the molecule is CC(CNC(=O)OCC1c2ccccc2-c2ccccc21)CC(=O)N1CCC[C@H]1C(=O)O. The molecule has 1 fully saturated rings. The van der Waals surface area contributed by atoms with E-state index < -0.39 is 18.1 Å². The van der Waals surface area contributed by atoms with Gasteiger partial charge in [0.15, 0.2) is 0 Å².